The summed E-state index contributed by atoms with van der Waals surface area (Å²) in [5.41, 5.74) is 5.38. The third-order valence-corrected chi connectivity index (χ3v) is 11.9. The third-order valence-electron chi connectivity index (χ3n) is 11.9. The van der Waals surface area contributed by atoms with Gasteiger partial charge >= 0.3 is 5.97 Å². The van der Waals surface area contributed by atoms with Gasteiger partial charge in [0.25, 0.3) is 6.47 Å². The third kappa shape index (κ3) is 5.88. The first kappa shape index (κ1) is 37.3. The predicted molar refractivity (Wildman–Crippen MR) is 226 cm³/mol. The van der Waals surface area contributed by atoms with E-state index in [-0.39, 0.29) is 31.8 Å². The molecular weight excluding hydrogens is 711 g/mol. The van der Waals surface area contributed by atoms with Crippen LogP contribution >= 0.6 is 0 Å². The average Bonchev–Trinajstić information content (AvgIpc) is 3.59. The van der Waals surface area contributed by atoms with E-state index < -0.39 is 16.8 Å². The molecule has 0 bridgehead atoms. The van der Waals surface area contributed by atoms with E-state index in [9.17, 15) is 24.8 Å². The molecule has 8 heteroatoms. The SMILES string of the molecule is C/C(=C\C(=O)C/C(C#N)=C1\N(CCC(=O)O)c2c(c3ccccc3c3ccccc23)C1(C)C)C1=[N+](CCOC=O)c2c(c3ccccc3c3ccccc23)C1(C)C. The van der Waals surface area contributed by atoms with Crippen molar-refractivity contribution in [2.45, 2.75) is 58.3 Å². The molecule has 8 rings (SSSR count). The number of fused-ring (bicyclic) bond motifs is 12. The molecule has 0 fully saturated rings. The zero-order valence-electron chi connectivity index (χ0n) is 32.8. The van der Waals surface area contributed by atoms with Crippen molar-refractivity contribution in [2.24, 2.45) is 0 Å². The Bertz CT molecular complexity index is 2850. The lowest BCUT2D eigenvalue weighted by atomic mass is 9.76. The van der Waals surface area contributed by atoms with Gasteiger partial charge in [0.1, 0.15) is 6.61 Å². The zero-order valence-corrected chi connectivity index (χ0v) is 32.8. The number of ether oxygens (including phenoxy) is 1. The summed E-state index contributed by atoms with van der Waals surface area (Å²) >= 11 is 0. The van der Waals surface area contributed by atoms with Crippen molar-refractivity contribution < 1.29 is 28.8 Å². The van der Waals surface area contributed by atoms with Gasteiger partial charge in [0, 0.05) is 40.6 Å². The Hall–Kier alpha value is -6.59. The first-order valence-electron chi connectivity index (χ1n) is 19.3. The van der Waals surface area contributed by atoms with Gasteiger partial charge < -0.3 is 14.7 Å². The van der Waals surface area contributed by atoms with Crippen LogP contribution in [0.4, 0.5) is 11.4 Å². The summed E-state index contributed by atoms with van der Waals surface area (Å²) in [4.78, 5) is 39.8. The number of benzene rings is 6. The fourth-order valence-corrected chi connectivity index (χ4v) is 10.0. The molecule has 2 heterocycles. The van der Waals surface area contributed by atoms with Crippen LogP contribution < -0.4 is 4.90 Å². The van der Waals surface area contributed by atoms with Gasteiger partial charge in [-0.15, -0.1) is 0 Å². The molecule has 0 amide bonds. The quantitative estimate of drug-likeness (QED) is 0.0350. The van der Waals surface area contributed by atoms with Gasteiger partial charge in [0.15, 0.2) is 18.0 Å². The number of rotatable bonds is 11. The first-order chi connectivity index (χ1) is 27.4. The molecule has 0 saturated heterocycles. The van der Waals surface area contributed by atoms with Crippen molar-refractivity contribution in [1.29, 1.82) is 5.26 Å². The maximum atomic E-state index is 14.4. The fraction of sp³-hybridized carbons (Fsp3) is 0.245. The number of hydrogen-bond acceptors (Lipinski definition) is 6. The lowest BCUT2D eigenvalue weighted by molar-refractivity contribution is -0.439. The van der Waals surface area contributed by atoms with Crippen LogP contribution in [0.3, 0.4) is 0 Å². The van der Waals surface area contributed by atoms with E-state index in [1.54, 1.807) is 6.08 Å². The van der Waals surface area contributed by atoms with Crippen LogP contribution in [0, 0.1) is 11.3 Å². The van der Waals surface area contributed by atoms with Gasteiger partial charge in [-0.2, -0.15) is 9.84 Å². The molecule has 8 nitrogen and oxygen atoms in total. The van der Waals surface area contributed by atoms with Crippen LogP contribution in [-0.4, -0.2) is 53.3 Å². The van der Waals surface area contributed by atoms with E-state index >= 15 is 0 Å². The first-order valence-corrected chi connectivity index (χ1v) is 19.3. The number of carboxylic acids is 1. The van der Waals surface area contributed by atoms with Gasteiger partial charge in [0.2, 0.25) is 5.69 Å². The Kier molecular flexibility index (Phi) is 9.28. The lowest BCUT2D eigenvalue weighted by Gasteiger charge is -2.28. The molecule has 6 aromatic carbocycles. The molecule has 6 aromatic rings. The van der Waals surface area contributed by atoms with Gasteiger partial charge in [-0.3, -0.25) is 14.4 Å². The van der Waals surface area contributed by atoms with Crippen molar-refractivity contribution >= 4 is 78.4 Å². The van der Waals surface area contributed by atoms with Crippen molar-refractivity contribution in [1.82, 2.24) is 0 Å². The topological polar surface area (TPSA) is 111 Å². The summed E-state index contributed by atoms with van der Waals surface area (Å²) in [5, 5.41) is 29.3. The molecule has 284 valence electrons. The molecule has 57 heavy (non-hydrogen) atoms. The maximum absolute atomic E-state index is 14.4. The fourth-order valence-electron chi connectivity index (χ4n) is 10.0. The highest BCUT2D eigenvalue weighted by Gasteiger charge is 2.49. The number of anilines is 1. The molecule has 2 aliphatic rings. The Morgan fingerprint density at radius 2 is 1.28 bits per heavy atom. The monoisotopic (exact) mass is 754 g/mol. The molecule has 1 N–H and O–H groups in total. The Labute approximate surface area is 331 Å². The molecular formula is C49H44N3O5+. The second-order valence-electron chi connectivity index (χ2n) is 16.1. The number of aliphatic carboxylic acids is 1. The minimum absolute atomic E-state index is 0.141. The smallest absolute Gasteiger partial charge is 0.305 e. The standard InChI is InChI=1S/C49H43N3O5/c1-30(46-48(2,3)42-37-18-10-6-14-33(37)36-17-9-13-21-40(36)45(42)52(46)24-25-57-29-53)26-32(54)27-31(28-50)47-49(4,5)43-38-19-11-7-15-34(38)35-16-8-12-20-39(35)44(43)51(47)23-22-41(55)56/h6-21,26,29H,22-25,27H2,1-5H3/p+1/b30-26+,47-31+. The summed E-state index contributed by atoms with van der Waals surface area (Å²) in [6.07, 6.45) is 1.33. The second-order valence-corrected chi connectivity index (χ2v) is 16.1. The summed E-state index contributed by atoms with van der Waals surface area (Å²) in [6.45, 7) is 11.5. The van der Waals surface area contributed by atoms with E-state index in [0.717, 1.165) is 76.9 Å². The number of ketones is 1. The van der Waals surface area contributed by atoms with Crippen LogP contribution in [0.2, 0.25) is 0 Å². The molecule has 0 unspecified atom stereocenters. The van der Waals surface area contributed by atoms with Crippen molar-refractivity contribution in [3.8, 4) is 6.07 Å². The van der Waals surface area contributed by atoms with Crippen LogP contribution in [0.5, 0.6) is 0 Å². The Morgan fingerprint density at radius 1 is 0.772 bits per heavy atom. The summed E-state index contributed by atoms with van der Waals surface area (Å²) in [6, 6.07) is 35.4. The summed E-state index contributed by atoms with van der Waals surface area (Å²) in [5.74, 6) is -1.19. The lowest BCUT2D eigenvalue weighted by Crippen LogP contribution is -2.32. The number of allylic oxidation sites excluding steroid dienone is 4. The van der Waals surface area contributed by atoms with Crippen LogP contribution in [-0.2, 0) is 30.0 Å². The van der Waals surface area contributed by atoms with Crippen molar-refractivity contribution in [3.05, 3.63) is 131 Å². The van der Waals surface area contributed by atoms with Gasteiger partial charge in [0.05, 0.1) is 34.6 Å². The zero-order chi connectivity index (χ0) is 40.2. The molecule has 0 aliphatic carbocycles. The maximum Gasteiger partial charge on any atom is 0.305 e. The van der Waals surface area contributed by atoms with Crippen molar-refractivity contribution in [3.63, 3.8) is 0 Å². The normalized spacial score (nSPS) is 16.6. The largest absolute Gasteiger partial charge is 0.481 e. The van der Waals surface area contributed by atoms with Crippen LogP contribution in [0.25, 0.3) is 43.1 Å². The molecule has 0 spiro atoms. The van der Waals surface area contributed by atoms with E-state index in [1.807, 2.05) is 66.4 Å². The molecule has 0 radical (unpaired) electrons. The van der Waals surface area contributed by atoms with Crippen LogP contribution in [0.1, 0.15) is 58.6 Å². The van der Waals surface area contributed by atoms with Gasteiger partial charge in [-0.05, 0) is 70.8 Å². The average molecular weight is 755 g/mol. The highest BCUT2D eigenvalue weighted by molar-refractivity contribution is 6.21. The molecule has 0 atom stereocenters. The van der Waals surface area contributed by atoms with Crippen molar-refractivity contribution in [2.75, 3.05) is 24.6 Å². The molecule has 0 aromatic heterocycles. The van der Waals surface area contributed by atoms with E-state index in [4.69, 9.17) is 4.74 Å². The number of carboxylic acid groups (broad SMARTS) is 1. The van der Waals surface area contributed by atoms with Crippen LogP contribution in [0.15, 0.2) is 120 Å². The minimum Gasteiger partial charge on any atom is -0.481 e. The minimum atomic E-state index is -0.945. The highest BCUT2D eigenvalue weighted by atomic mass is 16.5. The Morgan fingerprint density at radius 3 is 1.84 bits per heavy atom. The second kappa shape index (κ2) is 14.2. The van der Waals surface area contributed by atoms with Gasteiger partial charge in [-0.1, -0.05) is 105 Å². The Balaban J connectivity index is 1.27. The van der Waals surface area contributed by atoms with E-state index in [2.05, 4.69) is 80.8 Å². The summed E-state index contributed by atoms with van der Waals surface area (Å²) in [7, 11) is 0. The number of carbonyl (C=O) groups excluding carboxylic acids is 2. The number of carbonyl (C=O) groups is 3. The number of nitriles is 1. The molecule has 0 saturated carbocycles. The number of hydrogen-bond donors (Lipinski definition) is 1. The van der Waals surface area contributed by atoms with Gasteiger partial charge in [-0.25, -0.2) is 0 Å². The summed E-state index contributed by atoms with van der Waals surface area (Å²) < 4.78 is 7.44. The molecule has 2 aliphatic heterocycles. The predicted octanol–water partition coefficient (Wildman–Crippen LogP) is 9.80. The highest BCUT2D eigenvalue weighted by Crippen LogP contribution is 2.55. The van der Waals surface area contributed by atoms with E-state index in [1.165, 1.54) is 0 Å². The van der Waals surface area contributed by atoms with E-state index in [0.29, 0.717) is 24.3 Å². The number of nitrogens with zero attached hydrogens (tertiary/aromatic N) is 3.